The highest BCUT2D eigenvalue weighted by Crippen LogP contribution is 2.26. The van der Waals surface area contributed by atoms with Gasteiger partial charge in [-0.2, -0.15) is 0 Å². The summed E-state index contributed by atoms with van der Waals surface area (Å²) < 4.78 is 5.68. The van der Waals surface area contributed by atoms with E-state index in [-0.39, 0.29) is 24.2 Å². The molecule has 0 bridgehead atoms. The van der Waals surface area contributed by atoms with E-state index in [1.807, 2.05) is 26.0 Å². The van der Waals surface area contributed by atoms with Gasteiger partial charge in [0.1, 0.15) is 11.5 Å². The van der Waals surface area contributed by atoms with Crippen LogP contribution in [0.4, 0.5) is 0 Å². The maximum atomic E-state index is 12.7. The van der Waals surface area contributed by atoms with Crippen molar-refractivity contribution in [2.75, 3.05) is 32.8 Å². The molecule has 0 aromatic heterocycles. The van der Waals surface area contributed by atoms with Crippen LogP contribution in [0, 0.1) is 13.8 Å². The van der Waals surface area contributed by atoms with E-state index in [9.17, 15) is 14.7 Å². The van der Waals surface area contributed by atoms with Crippen LogP contribution < -0.4 is 4.74 Å². The summed E-state index contributed by atoms with van der Waals surface area (Å²) >= 11 is 6.17. The van der Waals surface area contributed by atoms with Crippen LogP contribution in [0.5, 0.6) is 11.5 Å². The van der Waals surface area contributed by atoms with E-state index >= 15 is 0 Å². The fourth-order valence-electron chi connectivity index (χ4n) is 3.42. The summed E-state index contributed by atoms with van der Waals surface area (Å²) in [5, 5.41) is 10.3. The summed E-state index contributed by atoms with van der Waals surface area (Å²) in [7, 11) is 0. The molecule has 0 aliphatic carbocycles. The molecule has 0 radical (unpaired) electrons. The Kier molecular flexibility index (Phi) is 6.64. The zero-order chi connectivity index (χ0) is 21.0. The molecular formula is C22H25ClN2O4. The molecular weight excluding hydrogens is 392 g/mol. The van der Waals surface area contributed by atoms with Crippen molar-refractivity contribution in [1.82, 2.24) is 9.80 Å². The Balaban J connectivity index is 1.56. The lowest BCUT2D eigenvalue weighted by Crippen LogP contribution is -2.39. The SMILES string of the molecule is Cc1cc(OCC(=O)N2CCCN(C(=O)c3cccc(O)c3)CC2)cc(C)c1Cl. The number of hydrogen-bond donors (Lipinski definition) is 1. The van der Waals surface area contributed by atoms with Crippen LogP contribution in [0.2, 0.25) is 5.02 Å². The number of amides is 2. The maximum Gasteiger partial charge on any atom is 0.260 e. The summed E-state index contributed by atoms with van der Waals surface area (Å²) in [4.78, 5) is 28.7. The highest BCUT2D eigenvalue weighted by molar-refractivity contribution is 6.32. The molecule has 0 unspecified atom stereocenters. The maximum absolute atomic E-state index is 12.7. The average molecular weight is 417 g/mol. The molecule has 0 saturated carbocycles. The standard InChI is InChI=1S/C22H25ClN2O4/c1-15-11-19(12-16(2)21(15)23)29-14-20(27)24-7-4-8-25(10-9-24)22(28)17-5-3-6-18(26)13-17/h3,5-6,11-13,26H,4,7-10,14H2,1-2H3. The molecule has 1 fully saturated rings. The average Bonchev–Trinajstić information content (AvgIpc) is 2.96. The predicted octanol–water partition coefficient (Wildman–Crippen LogP) is 3.42. The number of benzene rings is 2. The van der Waals surface area contributed by atoms with Crippen molar-refractivity contribution < 1.29 is 19.4 Å². The summed E-state index contributed by atoms with van der Waals surface area (Å²) in [5.41, 5.74) is 2.26. The monoisotopic (exact) mass is 416 g/mol. The van der Waals surface area contributed by atoms with Gasteiger partial charge in [0.05, 0.1) is 0 Å². The third kappa shape index (κ3) is 5.21. The normalized spacial score (nSPS) is 14.4. The van der Waals surface area contributed by atoms with E-state index < -0.39 is 0 Å². The zero-order valence-electron chi connectivity index (χ0n) is 16.7. The number of carbonyl (C=O) groups is 2. The quantitative estimate of drug-likeness (QED) is 0.829. The molecule has 1 heterocycles. The lowest BCUT2D eigenvalue weighted by molar-refractivity contribution is -0.133. The largest absolute Gasteiger partial charge is 0.508 e. The molecule has 29 heavy (non-hydrogen) atoms. The van der Waals surface area contributed by atoms with Gasteiger partial charge in [-0.1, -0.05) is 17.7 Å². The summed E-state index contributed by atoms with van der Waals surface area (Å²) in [6.07, 6.45) is 0.690. The molecule has 2 aromatic carbocycles. The Morgan fingerprint density at radius 3 is 2.38 bits per heavy atom. The molecule has 2 aromatic rings. The van der Waals surface area contributed by atoms with Crippen LogP contribution in [0.1, 0.15) is 27.9 Å². The third-order valence-electron chi connectivity index (χ3n) is 5.00. The Bertz CT molecular complexity index is 892. The van der Waals surface area contributed by atoms with Gasteiger partial charge in [-0.3, -0.25) is 9.59 Å². The van der Waals surface area contributed by atoms with Crippen molar-refractivity contribution in [2.45, 2.75) is 20.3 Å². The molecule has 1 N–H and O–H groups in total. The molecule has 6 nitrogen and oxygen atoms in total. The third-order valence-corrected chi connectivity index (χ3v) is 5.60. The Morgan fingerprint density at radius 1 is 1.03 bits per heavy atom. The van der Waals surface area contributed by atoms with Gasteiger partial charge in [-0.05, 0) is 61.7 Å². The minimum absolute atomic E-state index is 0.0545. The van der Waals surface area contributed by atoms with Gasteiger partial charge in [0.2, 0.25) is 0 Å². The number of aromatic hydroxyl groups is 1. The minimum atomic E-state index is -0.140. The van der Waals surface area contributed by atoms with Crippen molar-refractivity contribution in [3.05, 3.63) is 58.1 Å². The Labute approximate surface area is 175 Å². The van der Waals surface area contributed by atoms with Crippen molar-refractivity contribution in [1.29, 1.82) is 0 Å². The molecule has 1 aliphatic rings. The van der Waals surface area contributed by atoms with Crippen LogP contribution in [0.3, 0.4) is 0 Å². The van der Waals surface area contributed by atoms with E-state index in [2.05, 4.69) is 0 Å². The zero-order valence-corrected chi connectivity index (χ0v) is 17.4. The second-order valence-corrected chi connectivity index (χ2v) is 7.61. The van der Waals surface area contributed by atoms with Crippen molar-refractivity contribution in [3.63, 3.8) is 0 Å². The first-order valence-corrected chi connectivity index (χ1v) is 9.98. The molecule has 154 valence electrons. The lowest BCUT2D eigenvalue weighted by atomic mass is 10.1. The number of hydrogen-bond acceptors (Lipinski definition) is 4. The van der Waals surface area contributed by atoms with E-state index in [1.165, 1.54) is 12.1 Å². The highest BCUT2D eigenvalue weighted by Gasteiger charge is 2.23. The molecule has 2 amide bonds. The molecule has 0 spiro atoms. The lowest BCUT2D eigenvalue weighted by Gasteiger charge is -2.22. The van der Waals surface area contributed by atoms with Crippen LogP contribution in [0.25, 0.3) is 0 Å². The van der Waals surface area contributed by atoms with Crippen LogP contribution in [0.15, 0.2) is 36.4 Å². The summed E-state index contributed by atoms with van der Waals surface area (Å²) in [6.45, 7) is 5.78. The van der Waals surface area contributed by atoms with Gasteiger partial charge in [0.15, 0.2) is 6.61 Å². The van der Waals surface area contributed by atoms with E-state index in [0.29, 0.717) is 48.9 Å². The first kappa shape index (κ1) is 21.0. The van der Waals surface area contributed by atoms with Crippen LogP contribution in [-0.2, 0) is 4.79 Å². The second kappa shape index (κ2) is 9.18. The first-order valence-electron chi connectivity index (χ1n) is 9.61. The molecule has 1 saturated heterocycles. The van der Waals surface area contributed by atoms with Crippen molar-refractivity contribution in [3.8, 4) is 11.5 Å². The molecule has 1 aliphatic heterocycles. The van der Waals surface area contributed by atoms with Crippen molar-refractivity contribution >= 4 is 23.4 Å². The second-order valence-electron chi connectivity index (χ2n) is 7.24. The van der Waals surface area contributed by atoms with E-state index in [4.69, 9.17) is 16.3 Å². The van der Waals surface area contributed by atoms with Gasteiger partial charge >= 0.3 is 0 Å². The smallest absolute Gasteiger partial charge is 0.260 e. The molecule has 3 rings (SSSR count). The number of aryl methyl sites for hydroxylation is 2. The van der Waals surface area contributed by atoms with Crippen molar-refractivity contribution in [2.24, 2.45) is 0 Å². The topological polar surface area (TPSA) is 70.1 Å². The highest BCUT2D eigenvalue weighted by atomic mass is 35.5. The van der Waals surface area contributed by atoms with Gasteiger partial charge in [-0.25, -0.2) is 0 Å². The first-order chi connectivity index (χ1) is 13.8. The van der Waals surface area contributed by atoms with Crippen LogP contribution >= 0.6 is 11.6 Å². The number of carbonyl (C=O) groups excluding carboxylic acids is 2. The number of phenolic OH excluding ortho intramolecular Hbond substituents is 1. The van der Waals surface area contributed by atoms with Gasteiger partial charge in [0.25, 0.3) is 11.8 Å². The number of halogens is 1. The van der Waals surface area contributed by atoms with Gasteiger partial charge < -0.3 is 19.6 Å². The fraction of sp³-hybridized carbons (Fsp3) is 0.364. The number of phenols is 1. The summed E-state index contributed by atoms with van der Waals surface area (Å²) in [6, 6.07) is 9.96. The Morgan fingerprint density at radius 2 is 1.69 bits per heavy atom. The van der Waals surface area contributed by atoms with E-state index in [1.54, 1.807) is 21.9 Å². The number of ether oxygens (including phenoxy) is 1. The minimum Gasteiger partial charge on any atom is -0.508 e. The number of rotatable bonds is 4. The molecule has 7 heteroatoms. The Hall–Kier alpha value is -2.73. The van der Waals surface area contributed by atoms with Crippen LogP contribution in [-0.4, -0.2) is 59.5 Å². The predicted molar refractivity (Wildman–Crippen MR) is 112 cm³/mol. The van der Waals surface area contributed by atoms with E-state index in [0.717, 1.165) is 11.1 Å². The van der Waals surface area contributed by atoms with Gasteiger partial charge in [0, 0.05) is 36.8 Å². The summed E-state index contributed by atoms with van der Waals surface area (Å²) in [5.74, 6) is 0.432. The fourth-order valence-corrected chi connectivity index (χ4v) is 3.53. The molecule has 0 atom stereocenters. The van der Waals surface area contributed by atoms with Gasteiger partial charge in [-0.15, -0.1) is 0 Å². The number of nitrogens with zero attached hydrogens (tertiary/aromatic N) is 2.